The van der Waals surface area contributed by atoms with Crippen LogP contribution in [0.3, 0.4) is 0 Å². The zero-order chi connectivity index (χ0) is 19.7. The fraction of sp³-hybridized carbons (Fsp3) is 0.250. The summed E-state index contributed by atoms with van der Waals surface area (Å²) in [5, 5.41) is 4.00. The fourth-order valence-corrected chi connectivity index (χ4v) is 4.23. The van der Waals surface area contributed by atoms with Crippen molar-refractivity contribution >= 4 is 39.1 Å². The fourth-order valence-electron chi connectivity index (χ4n) is 3.04. The highest BCUT2D eigenvalue weighted by Crippen LogP contribution is 2.33. The van der Waals surface area contributed by atoms with Crippen LogP contribution in [0, 0.1) is 27.7 Å². The number of thiophene rings is 1. The van der Waals surface area contributed by atoms with Crippen LogP contribution in [0.5, 0.6) is 5.75 Å². The van der Waals surface area contributed by atoms with Crippen LogP contribution < -0.4 is 15.8 Å². The first-order valence-electron chi connectivity index (χ1n) is 8.46. The SMILES string of the molecule is Cc1cc(C)c2c(C)c(C(=O)Nc3ccc(OCC(N)=O)cc3C)sc2n1. The van der Waals surface area contributed by atoms with E-state index < -0.39 is 5.91 Å². The van der Waals surface area contributed by atoms with Gasteiger partial charge in [-0.05, 0) is 68.7 Å². The molecule has 1 aromatic carbocycles. The summed E-state index contributed by atoms with van der Waals surface area (Å²) in [5.74, 6) is -0.177. The normalized spacial score (nSPS) is 10.8. The molecular weight excluding hydrogens is 362 g/mol. The number of carbonyl (C=O) groups is 2. The Hall–Kier alpha value is -2.93. The number of nitrogens with two attached hydrogens (primary N) is 1. The number of amides is 2. The second-order valence-electron chi connectivity index (χ2n) is 6.50. The number of benzene rings is 1. The van der Waals surface area contributed by atoms with Gasteiger partial charge in [0, 0.05) is 16.8 Å². The Kier molecular flexibility index (Phi) is 5.14. The van der Waals surface area contributed by atoms with E-state index in [4.69, 9.17) is 10.5 Å². The Morgan fingerprint density at radius 3 is 2.56 bits per heavy atom. The van der Waals surface area contributed by atoms with E-state index in [-0.39, 0.29) is 12.5 Å². The first-order valence-corrected chi connectivity index (χ1v) is 9.28. The topological polar surface area (TPSA) is 94.3 Å². The molecule has 3 aromatic rings. The van der Waals surface area contributed by atoms with Gasteiger partial charge in [0.2, 0.25) is 0 Å². The first kappa shape index (κ1) is 18.8. The van der Waals surface area contributed by atoms with Crippen molar-refractivity contribution in [1.29, 1.82) is 0 Å². The average Bonchev–Trinajstić information content (AvgIpc) is 2.91. The van der Waals surface area contributed by atoms with Gasteiger partial charge in [-0.25, -0.2) is 4.98 Å². The first-order chi connectivity index (χ1) is 12.8. The number of rotatable bonds is 5. The molecule has 27 heavy (non-hydrogen) atoms. The summed E-state index contributed by atoms with van der Waals surface area (Å²) < 4.78 is 5.28. The number of fused-ring (bicyclic) bond motifs is 1. The lowest BCUT2D eigenvalue weighted by atomic mass is 10.1. The summed E-state index contributed by atoms with van der Waals surface area (Å²) in [7, 11) is 0. The molecule has 0 aliphatic heterocycles. The Morgan fingerprint density at radius 1 is 1.15 bits per heavy atom. The summed E-state index contributed by atoms with van der Waals surface area (Å²) in [5.41, 5.74) is 9.60. The molecule has 7 heteroatoms. The van der Waals surface area contributed by atoms with Gasteiger partial charge in [0.1, 0.15) is 10.6 Å². The highest BCUT2D eigenvalue weighted by molar-refractivity contribution is 7.20. The minimum Gasteiger partial charge on any atom is -0.484 e. The maximum Gasteiger partial charge on any atom is 0.266 e. The summed E-state index contributed by atoms with van der Waals surface area (Å²) in [6, 6.07) is 7.22. The second kappa shape index (κ2) is 7.36. The summed E-state index contributed by atoms with van der Waals surface area (Å²) in [4.78, 5) is 29.7. The van der Waals surface area contributed by atoms with Crippen molar-refractivity contribution in [2.45, 2.75) is 27.7 Å². The van der Waals surface area contributed by atoms with Gasteiger partial charge in [-0.15, -0.1) is 11.3 Å². The molecule has 0 fully saturated rings. The molecule has 0 saturated carbocycles. The van der Waals surface area contributed by atoms with Crippen LogP contribution >= 0.6 is 11.3 Å². The zero-order valence-corrected chi connectivity index (χ0v) is 16.5. The van der Waals surface area contributed by atoms with Crippen molar-refractivity contribution in [2.75, 3.05) is 11.9 Å². The molecule has 3 N–H and O–H groups in total. The Bertz CT molecular complexity index is 1060. The largest absolute Gasteiger partial charge is 0.484 e. The summed E-state index contributed by atoms with van der Waals surface area (Å²) >= 11 is 1.40. The Labute approximate surface area is 161 Å². The Morgan fingerprint density at radius 2 is 1.89 bits per heavy atom. The molecule has 2 amide bonds. The average molecular weight is 383 g/mol. The minimum atomic E-state index is -0.538. The summed E-state index contributed by atoms with van der Waals surface area (Å²) in [6.07, 6.45) is 0. The molecule has 2 heterocycles. The molecule has 2 aromatic heterocycles. The lowest BCUT2D eigenvalue weighted by molar-refractivity contribution is -0.119. The molecule has 0 spiro atoms. The highest BCUT2D eigenvalue weighted by atomic mass is 32.1. The third-order valence-corrected chi connectivity index (χ3v) is 5.44. The number of anilines is 1. The number of nitrogens with one attached hydrogen (secondary N) is 1. The van der Waals surface area contributed by atoms with E-state index in [1.165, 1.54) is 11.3 Å². The second-order valence-corrected chi connectivity index (χ2v) is 7.50. The maximum absolute atomic E-state index is 12.8. The number of ether oxygens (including phenoxy) is 1. The number of nitrogens with zero attached hydrogens (tertiary/aromatic N) is 1. The molecule has 0 aliphatic rings. The van der Waals surface area contributed by atoms with E-state index in [1.54, 1.807) is 18.2 Å². The number of hydrogen-bond donors (Lipinski definition) is 2. The predicted octanol–water partition coefficient (Wildman–Crippen LogP) is 3.65. The zero-order valence-electron chi connectivity index (χ0n) is 15.7. The number of hydrogen-bond acceptors (Lipinski definition) is 5. The van der Waals surface area contributed by atoms with Gasteiger partial charge in [0.25, 0.3) is 11.8 Å². The van der Waals surface area contributed by atoms with Gasteiger partial charge < -0.3 is 15.8 Å². The standard InChI is InChI=1S/C20H21N3O3S/c1-10-8-14(26-9-16(21)24)5-6-15(10)23-19(25)18-13(4)17-11(2)7-12(3)22-20(17)27-18/h5-8H,9H2,1-4H3,(H2,21,24)(H,23,25). The molecule has 6 nitrogen and oxygen atoms in total. The van der Waals surface area contributed by atoms with Crippen LogP contribution in [0.25, 0.3) is 10.2 Å². The van der Waals surface area contributed by atoms with Crippen molar-refractivity contribution in [3.05, 3.63) is 51.5 Å². The van der Waals surface area contributed by atoms with E-state index in [0.29, 0.717) is 16.3 Å². The molecule has 0 aliphatic carbocycles. The number of carbonyl (C=O) groups excluding carboxylic acids is 2. The third-order valence-electron chi connectivity index (χ3n) is 4.26. The van der Waals surface area contributed by atoms with Crippen molar-refractivity contribution in [3.8, 4) is 5.75 Å². The third kappa shape index (κ3) is 3.93. The number of pyridine rings is 1. The van der Waals surface area contributed by atoms with Gasteiger partial charge in [-0.3, -0.25) is 9.59 Å². The smallest absolute Gasteiger partial charge is 0.266 e. The molecule has 0 unspecified atom stereocenters. The van der Waals surface area contributed by atoms with Crippen LogP contribution in [0.15, 0.2) is 24.3 Å². The van der Waals surface area contributed by atoms with E-state index in [0.717, 1.165) is 32.6 Å². The molecule has 140 valence electrons. The van der Waals surface area contributed by atoms with Gasteiger partial charge >= 0.3 is 0 Å². The van der Waals surface area contributed by atoms with Gasteiger partial charge in [0.05, 0.1) is 4.88 Å². The van der Waals surface area contributed by atoms with Crippen LogP contribution in [-0.2, 0) is 4.79 Å². The lowest BCUT2D eigenvalue weighted by Crippen LogP contribution is -2.20. The van der Waals surface area contributed by atoms with Crippen LogP contribution in [0.4, 0.5) is 5.69 Å². The van der Waals surface area contributed by atoms with Gasteiger partial charge in [0.15, 0.2) is 6.61 Å². The van der Waals surface area contributed by atoms with Crippen molar-refractivity contribution in [2.24, 2.45) is 5.73 Å². The number of primary amides is 1. The van der Waals surface area contributed by atoms with E-state index in [1.807, 2.05) is 33.8 Å². The Balaban J connectivity index is 1.85. The molecular formula is C20H21N3O3S. The molecule has 0 saturated heterocycles. The molecule has 0 atom stereocenters. The van der Waals surface area contributed by atoms with E-state index in [2.05, 4.69) is 10.3 Å². The van der Waals surface area contributed by atoms with Crippen molar-refractivity contribution < 1.29 is 14.3 Å². The summed E-state index contributed by atoms with van der Waals surface area (Å²) in [6.45, 7) is 7.61. The highest BCUT2D eigenvalue weighted by Gasteiger charge is 2.18. The number of aromatic nitrogens is 1. The van der Waals surface area contributed by atoms with E-state index >= 15 is 0 Å². The lowest BCUT2D eigenvalue weighted by Gasteiger charge is -2.10. The monoisotopic (exact) mass is 383 g/mol. The van der Waals surface area contributed by atoms with Gasteiger partial charge in [-0.1, -0.05) is 0 Å². The maximum atomic E-state index is 12.8. The predicted molar refractivity (Wildman–Crippen MR) is 108 cm³/mol. The molecule has 0 radical (unpaired) electrons. The van der Waals surface area contributed by atoms with E-state index in [9.17, 15) is 9.59 Å². The van der Waals surface area contributed by atoms with Crippen molar-refractivity contribution in [3.63, 3.8) is 0 Å². The quantitative estimate of drug-likeness (QED) is 0.703. The van der Waals surface area contributed by atoms with Crippen molar-refractivity contribution in [1.82, 2.24) is 4.98 Å². The molecule has 3 rings (SSSR count). The van der Waals surface area contributed by atoms with Crippen LogP contribution in [-0.4, -0.2) is 23.4 Å². The number of aryl methyl sites for hydroxylation is 4. The van der Waals surface area contributed by atoms with Crippen LogP contribution in [0.2, 0.25) is 0 Å². The van der Waals surface area contributed by atoms with Crippen LogP contribution in [0.1, 0.15) is 32.1 Å². The van der Waals surface area contributed by atoms with Gasteiger partial charge in [-0.2, -0.15) is 0 Å². The molecule has 0 bridgehead atoms. The minimum absolute atomic E-state index is 0.165.